The first-order chi connectivity index (χ1) is 13.7. The van der Waals surface area contributed by atoms with Gasteiger partial charge < -0.3 is 0 Å². The van der Waals surface area contributed by atoms with E-state index in [0.29, 0.717) is 23.4 Å². The summed E-state index contributed by atoms with van der Waals surface area (Å²) >= 11 is 0. The number of carbonyl (C=O) groups is 3. The fourth-order valence-electron chi connectivity index (χ4n) is 3.25. The van der Waals surface area contributed by atoms with Crippen molar-refractivity contribution in [3.63, 3.8) is 0 Å². The average molecular weight is 432 g/mol. The summed E-state index contributed by atoms with van der Waals surface area (Å²) in [5, 5.41) is 12.5. The van der Waals surface area contributed by atoms with E-state index < -0.39 is 64.8 Å². The molecule has 1 fully saturated rings. The second-order valence-corrected chi connectivity index (χ2v) is 6.79. The van der Waals surface area contributed by atoms with Crippen molar-refractivity contribution in [3.8, 4) is 6.07 Å². The Hall–Kier alpha value is -3.43. The van der Waals surface area contributed by atoms with Crippen molar-refractivity contribution in [2.45, 2.75) is 31.2 Å². The lowest BCUT2D eigenvalue weighted by molar-refractivity contribution is -0.176. The van der Waals surface area contributed by atoms with Gasteiger partial charge in [0, 0.05) is 6.21 Å². The van der Waals surface area contributed by atoms with Crippen LogP contribution in [-0.2, 0) is 20.6 Å². The summed E-state index contributed by atoms with van der Waals surface area (Å²) in [5.74, 6) is -6.63. The van der Waals surface area contributed by atoms with Crippen molar-refractivity contribution < 1.29 is 40.7 Å². The standard InChI is InChI=1S/C17H10F6N4O3/c1-15-5-9(16(18,19)20)7-25-27(15)13(29)12(28)26(14(15)30)10-3-2-8(6-24)11(4-10)17(21,22)23/h2-4,7,9H,5H2,1H3/t9?,15-/m0/s1. The molecule has 2 atom stereocenters. The molecule has 3 amide bonds. The van der Waals surface area contributed by atoms with Gasteiger partial charge in [0.25, 0.3) is 5.91 Å². The van der Waals surface area contributed by atoms with Crippen LogP contribution in [-0.4, -0.2) is 40.7 Å². The zero-order valence-electron chi connectivity index (χ0n) is 14.9. The van der Waals surface area contributed by atoms with E-state index in [9.17, 15) is 40.7 Å². The fourth-order valence-corrected chi connectivity index (χ4v) is 3.25. The summed E-state index contributed by atoms with van der Waals surface area (Å²) in [4.78, 5) is 37.8. The van der Waals surface area contributed by atoms with Gasteiger partial charge in [-0.3, -0.25) is 14.4 Å². The van der Waals surface area contributed by atoms with Crippen LogP contribution in [0.3, 0.4) is 0 Å². The summed E-state index contributed by atoms with van der Waals surface area (Å²) in [5.41, 5.74) is -5.24. The zero-order valence-corrected chi connectivity index (χ0v) is 14.9. The molecule has 0 spiro atoms. The molecule has 2 aliphatic heterocycles. The Morgan fingerprint density at radius 2 is 1.77 bits per heavy atom. The summed E-state index contributed by atoms with van der Waals surface area (Å²) in [6.45, 7) is 0.941. The number of hydrogen-bond donors (Lipinski definition) is 0. The van der Waals surface area contributed by atoms with Gasteiger partial charge in [0.15, 0.2) is 0 Å². The Morgan fingerprint density at radius 3 is 2.30 bits per heavy atom. The molecule has 0 aromatic heterocycles. The number of anilines is 1. The number of benzene rings is 1. The van der Waals surface area contributed by atoms with Gasteiger partial charge in [0.05, 0.1) is 28.8 Å². The first kappa shape index (κ1) is 21.3. The fraction of sp³-hybridized carbons (Fsp3) is 0.353. The van der Waals surface area contributed by atoms with E-state index in [2.05, 4.69) is 5.10 Å². The lowest BCUT2D eigenvalue weighted by Gasteiger charge is -2.46. The number of amides is 3. The molecule has 0 aliphatic carbocycles. The number of rotatable bonds is 1. The van der Waals surface area contributed by atoms with Crippen LogP contribution < -0.4 is 4.90 Å². The third-order valence-corrected chi connectivity index (χ3v) is 4.80. The van der Waals surface area contributed by atoms with Crippen molar-refractivity contribution >= 4 is 29.6 Å². The van der Waals surface area contributed by atoms with Gasteiger partial charge in [0.1, 0.15) is 5.54 Å². The van der Waals surface area contributed by atoms with Gasteiger partial charge in [-0.1, -0.05) is 0 Å². The average Bonchev–Trinajstić information content (AvgIpc) is 2.65. The van der Waals surface area contributed by atoms with Crippen molar-refractivity contribution in [1.29, 1.82) is 5.26 Å². The van der Waals surface area contributed by atoms with Gasteiger partial charge in [-0.2, -0.15) is 36.7 Å². The topological polar surface area (TPSA) is 93.8 Å². The van der Waals surface area contributed by atoms with Crippen LogP contribution in [0.25, 0.3) is 0 Å². The minimum absolute atomic E-state index is 0.0868. The highest BCUT2D eigenvalue weighted by atomic mass is 19.4. The molecule has 30 heavy (non-hydrogen) atoms. The molecule has 7 nitrogen and oxygen atoms in total. The highest BCUT2D eigenvalue weighted by molar-refractivity contribution is 6.48. The van der Waals surface area contributed by atoms with E-state index in [1.807, 2.05) is 0 Å². The molecular formula is C17H10F6N4O3. The number of nitriles is 1. The predicted molar refractivity (Wildman–Crippen MR) is 86.6 cm³/mol. The number of carbonyl (C=O) groups excluding carboxylic acids is 3. The maximum atomic E-state index is 13.2. The first-order valence-electron chi connectivity index (χ1n) is 8.17. The van der Waals surface area contributed by atoms with E-state index in [1.165, 1.54) is 6.07 Å². The van der Waals surface area contributed by atoms with E-state index >= 15 is 0 Å². The molecule has 3 rings (SSSR count). The zero-order chi connectivity index (χ0) is 22.6. The molecule has 0 radical (unpaired) electrons. The highest BCUT2D eigenvalue weighted by Gasteiger charge is 2.59. The number of fused-ring (bicyclic) bond motifs is 1. The van der Waals surface area contributed by atoms with Gasteiger partial charge >= 0.3 is 24.2 Å². The van der Waals surface area contributed by atoms with Crippen LogP contribution in [0.15, 0.2) is 23.3 Å². The smallest absolute Gasteiger partial charge is 0.271 e. The molecular weight excluding hydrogens is 422 g/mol. The maximum Gasteiger partial charge on any atom is 0.417 e. The number of nitrogens with zero attached hydrogens (tertiary/aromatic N) is 4. The van der Waals surface area contributed by atoms with Crippen molar-refractivity contribution in [2.24, 2.45) is 11.0 Å². The van der Waals surface area contributed by atoms with Gasteiger partial charge in [-0.25, -0.2) is 9.91 Å². The van der Waals surface area contributed by atoms with Crippen molar-refractivity contribution in [2.75, 3.05) is 4.90 Å². The van der Waals surface area contributed by atoms with Crippen LogP contribution in [0.5, 0.6) is 0 Å². The number of halogens is 6. The Morgan fingerprint density at radius 1 is 1.13 bits per heavy atom. The van der Waals surface area contributed by atoms with E-state index in [4.69, 9.17) is 5.26 Å². The van der Waals surface area contributed by atoms with Crippen LogP contribution in [0.1, 0.15) is 24.5 Å². The molecule has 13 heteroatoms. The molecule has 1 aromatic rings. The van der Waals surface area contributed by atoms with E-state index in [1.54, 1.807) is 0 Å². The summed E-state index contributed by atoms with van der Waals surface area (Å²) in [6, 6.07) is 3.14. The lowest BCUT2D eigenvalue weighted by Crippen LogP contribution is -2.70. The minimum Gasteiger partial charge on any atom is -0.271 e. The van der Waals surface area contributed by atoms with Crippen LogP contribution in [0.4, 0.5) is 32.0 Å². The summed E-state index contributed by atoms with van der Waals surface area (Å²) in [7, 11) is 0. The van der Waals surface area contributed by atoms with Crippen LogP contribution in [0, 0.1) is 17.2 Å². The number of alkyl halides is 6. The van der Waals surface area contributed by atoms with E-state index in [-0.39, 0.29) is 4.90 Å². The van der Waals surface area contributed by atoms with Crippen LogP contribution >= 0.6 is 0 Å². The normalized spacial score (nSPS) is 24.7. The molecule has 2 aliphatic rings. The first-order valence-corrected chi connectivity index (χ1v) is 8.17. The van der Waals surface area contributed by atoms with E-state index in [0.717, 1.165) is 13.0 Å². The molecule has 0 bridgehead atoms. The van der Waals surface area contributed by atoms with Crippen LogP contribution in [0.2, 0.25) is 0 Å². The quantitative estimate of drug-likeness (QED) is 0.387. The third kappa shape index (κ3) is 3.17. The Bertz CT molecular complexity index is 1030. The van der Waals surface area contributed by atoms with Gasteiger partial charge in [0.2, 0.25) is 0 Å². The SMILES string of the molecule is C[C@@]12CC(C(F)(F)F)C=NN1C(=O)C(=O)N(c1ccc(C#N)c(C(F)(F)F)c1)C2=O. The molecule has 2 heterocycles. The molecule has 0 N–H and O–H groups in total. The Labute approximate surface area is 164 Å². The summed E-state index contributed by atoms with van der Waals surface area (Å²) in [6.07, 6.45) is -10.4. The minimum atomic E-state index is -5.03. The molecule has 1 unspecified atom stereocenters. The number of hydrogen-bond acceptors (Lipinski definition) is 5. The lowest BCUT2D eigenvalue weighted by atomic mass is 9.83. The number of imide groups is 1. The van der Waals surface area contributed by atoms with Crippen molar-refractivity contribution in [1.82, 2.24) is 5.01 Å². The maximum absolute atomic E-state index is 13.2. The molecule has 1 aromatic carbocycles. The number of hydrazone groups is 1. The Kier molecular flexibility index (Phi) is 4.64. The number of piperazine rings is 1. The molecule has 158 valence electrons. The predicted octanol–water partition coefficient (Wildman–Crippen LogP) is 2.61. The monoisotopic (exact) mass is 432 g/mol. The molecule has 1 saturated heterocycles. The largest absolute Gasteiger partial charge is 0.417 e. The van der Waals surface area contributed by atoms with Crippen molar-refractivity contribution in [3.05, 3.63) is 29.3 Å². The Balaban J connectivity index is 2.12. The third-order valence-electron chi connectivity index (χ3n) is 4.80. The second kappa shape index (κ2) is 6.54. The second-order valence-electron chi connectivity index (χ2n) is 6.79. The highest BCUT2D eigenvalue weighted by Crippen LogP contribution is 2.42. The van der Waals surface area contributed by atoms with Gasteiger partial charge in [-0.15, -0.1) is 0 Å². The summed E-state index contributed by atoms with van der Waals surface area (Å²) < 4.78 is 79.0. The van der Waals surface area contributed by atoms with Gasteiger partial charge in [-0.05, 0) is 31.5 Å². The molecule has 0 saturated carbocycles.